The number of rotatable bonds is 2. The summed E-state index contributed by atoms with van der Waals surface area (Å²) in [6, 6.07) is 11.5. The van der Waals surface area contributed by atoms with Gasteiger partial charge in [-0.2, -0.15) is 5.10 Å². The third kappa shape index (κ3) is 3.16. The van der Waals surface area contributed by atoms with E-state index in [1.165, 1.54) is 0 Å². The predicted molar refractivity (Wildman–Crippen MR) is 112 cm³/mol. The van der Waals surface area contributed by atoms with Gasteiger partial charge in [-0.25, -0.2) is 5.01 Å². The average Bonchev–Trinajstić information content (AvgIpc) is 3.38. The lowest BCUT2D eigenvalue weighted by Crippen LogP contribution is -2.36. The van der Waals surface area contributed by atoms with Crippen LogP contribution in [-0.4, -0.2) is 33.4 Å². The van der Waals surface area contributed by atoms with Gasteiger partial charge in [0.25, 0.3) is 0 Å². The number of nitrogens with zero attached hydrogens (tertiary/aromatic N) is 4. The third-order valence-electron chi connectivity index (χ3n) is 5.34. The van der Waals surface area contributed by atoms with E-state index in [1.54, 1.807) is 17.4 Å². The number of amides is 1. The minimum Gasteiger partial charge on any atom is -0.454 e. The molecule has 30 heavy (non-hydrogen) atoms. The van der Waals surface area contributed by atoms with E-state index in [-0.39, 0.29) is 18.7 Å². The molecule has 1 unspecified atom stereocenters. The molecule has 2 aliphatic rings. The molecular formula is C23H22N4O3. The topological polar surface area (TPSA) is 76.9 Å². The third-order valence-corrected chi connectivity index (χ3v) is 5.34. The first kappa shape index (κ1) is 18.5. The van der Waals surface area contributed by atoms with Crippen molar-refractivity contribution in [2.45, 2.75) is 33.2 Å². The van der Waals surface area contributed by atoms with Crippen molar-refractivity contribution in [2.75, 3.05) is 6.79 Å². The Balaban J connectivity index is 1.55. The van der Waals surface area contributed by atoms with Crippen LogP contribution in [-0.2, 0) is 4.79 Å². The molecule has 3 aromatic rings. The van der Waals surface area contributed by atoms with Crippen LogP contribution in [0.5, 0.6) is 11.5 Å². The smallest absolute Gasteiger partial charge is 0.248 e. The highest BCUT2D eigenvalue weighted by Gasteiger charge is 2.38. The first-order chi connectivity index (χ1) is 14.4. The second-order valence-corrected chi connectivity index (χ2v) is 8.54. The number of hydrogen-bond donors (Lipinski definition) is 0. The lowest BCUT2D eigenvalue weighted by molar-refractivity contribution is -0.141. The molecule has 152 valence electrons. The number of benzene rings is 2. The number of ether oxygens (including phenoxy) is 2. The van der Waals surface area contributed by atoms with Gasteiger partial charge in [0, 0.05) is 29.8 Å². The minimum atomic E-state index is -0.553. The number of hydrazone groups is 1. The van der Waals surface area contributed by atoms with Crippen molar-refractivity contribution >= 4 is 22.7 Å². The van der Waals surface area contributed by atoms with Crippen LogP contribution in [0.1, 0.15) is 44.4 Å². The van der Waals surface area contributed by atoms with Crippen molar-refractivity contribution in [1.29, 1.82) is 0 Å². The molecule has 7 nitrogen and oxygen atoms in total. The fraction of sp³-hybridized carbons (Fsp3) is 0.304. The second-order valence-electron chi connectivity index (χ2n) is 8.54. The molecule has 2 aromatic carbocycles. The van der Waals surface area contributed by atoms with Gasteiger partial charge < -0.3 is 9.47 Å². The molecule has 0 aliphatic carbocycles. The molecule has 5 rings (SSSR count). The normalized spacial score (nSPS) is 18.0. The van der Waals surface area contributed by atoms with E-state index in [2.05, 4.69) is 9.97 Å². The Morgan fingerprint density at radius 1 is 1.00 bits per heavy atom. The van der Waals surface area contributed by atoms with Crippen molar-refractivity contribution in [3.8, 4) is 11.5 Å². The molecule has 1 aromatic heterocycles. The molecule has 1 amide bonds. The highest BCUT2D eigenvalue weighted by molar-refractivity contribution is 6.04. The predicted octanol–water partition coefficient (Wildman–Crippen LogP) is 4.08. The molecule has 0 fully saturated rings. The van der Waals surface area contributed by atoms with Crippen molar-refractivity contribution < 1.29 is 14.3 Å². The maximum atomic E-state index is 13.2. The zero-order valence-corrected chi connectivity index (χ0v) is 17.1. The van der Waals surface area contributed by atoms with E-state index in [9.17, 15) is 4.79 Å². The molecule has 7 heteroatoms. The molecule has 0 bridgehead atoms. The van der Waals surface area contributed by atoms with Crippen LogP contribution in [0.15, 0.2) is 53.9 Å². The minimum absolute atomic E-state index is 0.0255. The number of carbonyl (C=O) groups is 1. The van der Waals surface area contributed by atoms with E-state index >= 15 is 0 Å². The number of fused-ring (bicyclic) bond motifs is 2. The van der Waals surface area contributed by atoms with Gasteiger partial charge >= 0.3 is 0 Å². The van der Waals surface area contributed by atoms with Crippen LogP contribution in [0.3, 0.4) is 0 Å². The van der Waals surface area contributed by atoms with Crippen LogP contribution >= 0.6 is 0 Å². The van der Waals surface area contributed by atoms with E-state index in [1.807, 2.05) is 57.2 Å². The zero-order valence-electron chi connectivity index (χ0n) is 17.1. The Morgan fingerprint density at radius 3 is 2.57 bits per heavy atom. The molecule has 0 radical (unpaired) electrons. The number of hydrogen-bond acceptors (Lipinski definition) is 6. The van der Waals surface area contributed by atoms with Crippen LogP contribution in [0, 0.1) is 5.41 Å². The Labute approximate surface area is 174 Å². The van der Waals surface area contributed by atoms with E-state index in [4.69, 9.17) is 14.6 Å². The Morgan fingerprint density at radius 2 is 1.77 bits per heavy atom. The van der Waals surface area contributed by atoms with E-state index < -0.39 is 5.41 Å². The Bertz CT molecular complexity index is 1180. The highest BCUT2D eigenvalue weighted by atomic mass is 16.7. The lowest BCUT2D eigenvalue weighted by Gasteiger charge is -2.28. The molecule has 2 aliphatic heterocycles. The van der Waals surface area contributed by atoms with E-state index in [0.29, 0.717) is 12.2 Å². The average molecular weight is 402 g/mol. The molecule has 0 saturated heterocycles. The van der Waals surface area contributed by atoms with Gasteiger partial charge in [0.2, 0.25) is 12.7 Å². The van der Waals surface area contributed by atoms with Gasteiger partial charge in [0.1, 0.15) is 0 Å². The Hall–Kier alpha value is -3.48. The fourth-order valence-electron chi connectivity index (χ4n) is 3.74. The summed E-state index contributed by atoms with van der Waals surface area (Å²) in [4.78, 5) is 22.0. The summed E-state index contributed by atoms with van der Waals surface area (Å²) >= 11 is 0. The quantitative estimate of drug-likeness (QED) is 0.645. The summed E-state index contributed by atoms with van der Waals surface area (Å²) in [5.41, 5.74) is 3.83. The molecule has 0 N–H and O–H groups in total. The van der Waals surface area contributed by atoms with Gasteiger partial charge in [-0.05, 0) is 35.9 Å². The van der Waals surface area contributed by atoms with Gasteiger partial charge in [-0.15, -0.1) is 0 Å². The maximum absolute atomic E-state index is 13.2. The fourth-order valence-corrected chi connectivity index (χ4v) is 3.74. The first-order valence-electron chi connectivity index (χ1n) is 9.92. The van der Waals surface area contributed by atoms with Gasteiger partial charge in [0.05, 0.1) is 22.8 Å². The SMILES string of the molecule is CC(C)(C)C(=O)N1N=C(c2ccc3c(c2)OCO3)CC1c1ccc2nccnc2c1. The van der Waals surface area contributed by atoms with Crippen LogP contribution in [0.4, 0.5) is 0 Å². The van der Waals surface area contributed by atoms with Crippen molar-refractivity contribution in [3.05, 3.63) is 59.9 Å². The zero-order chi connectivity index (χ0) is 20.9. The summed E-state index contributed by atoms with van der Waals surface area (Å²) in [7, 11) is 0. The van der Waals surface area contributed by atoms with Gasteiger partial charge in [-0.3, -0.25) is 14.8 Å². The summed E-state index contributed by atoms with van der Waals surface area (Å²) in [6.07, 6.45) is 3.95. The second kappa shape index (κ2) is 6.79. The summed E-state index contributed by atoms with van der Waals surface area (Å²) in [6.45, 7) is 5.95. The largest absolute Gasteiger partial charge is 0.454 e. The molecule has 1 atom stereocenters. The van der Waals surface area contributed by atoms with E-state index in [0.717, 1.165) is 33.6 Å². The van der Waals surface area contributed by atoms with Gasteiger partial charge in [0.15, 0.2) is 11.5 Å². The summed E-state index contributed by atoms with van der Waals surface area (Å²) in [5.74, 6) is 1.40. The number of aromatic nitrogens is 2. The monoisotopic (exact) mass is 402 g/mol. The van der Waals surface area contributed by atoms with Crippen molar-refractivity contribution in [2.24, 2.45) is 10.5 Å². The molecule has 0 spiro atoms. The van der Waals surface area contributed by atoms with Crippen molar-refractivity contribution in [1.82, 2.24) is 15.0 Å². The van der Waals surface area contributed by atoms with Crippen LogP contribution in [0.25, 0.3) is 11.0 Å². The first-order valence-corrected chi connectivity index (χ1v) is 9.92. The van der Waals surface area contributed by atoms with Crippen LogP contribution < -0.4 is 9.47 Å². The van der Waals surface area contributed by atoms with Crippen molar-refractivity contribution in [3.63, 3.8) is 0 Å². The van der Waals surface area contributed by atoms with Crippen LogP contribution in [0.2, 0.25) is 0 Å². The number of carbonyl (C=O) groups excluding carboxylic acids is 1. The molecular weight excluding hydrogens is 380 g/mol. The lowest BCUT2D eigenvalue weighted by atomic mass is 9.92. The summed E-state index contributed by atoms with van der Waals surface area (Å²) in [5, 5.41) is 6.38. The molecule has 3 heterocycles. The maximum Gasteiger partial charge on any atom is 0.248 e. The highest BCUT2D eigenvalue weighted by Crippen LogP contribution is 2.39. The molecule has 0 saturated carbocycles. The van der Waals surface area contributed by atoms with Gasteiger partial charge in [-0.1, -0.05) is 26.8 Å². The summed E-state index contributed by atoms with van der Waals surface area (Å²) < 4.78 is 10.9. The Kier molecular flexibility index (Phi) is 4.20. The standard InChI is InChI=1S/C23H22N4O3/c1-23(2,3)22(28)27-19(15-4-6-16-18(10-15)25-9-8-24-16)12-17(26-27)14-5-7-20-21(11-14)30-13-29-20/h4-11,19H,12-13H2,1-3H3.